The predicted octanol–water partition coefficient (Wildman–Crippen LogP) is 4.00. The Bertz CT molecular complexity index is 534. The lowest BCUT2D eigenvalue weighted by Crippen LogP contribution is -2.11. The average molecular weight is 291 g/mol. The third-order valence-corrected chi connectivity index (χ3v) is 3.82. The smallest absolute Gasteiger partial charge is 0.146 e. The van der Waals surface area contributed by atoms with Gasteiger partial charge in [-0.1, -0.05) is 6.92 Å². The van der Waals surface area contributed by atoms with Crippen LogP contribution in [-0.4, -0.2) is 12.8 Å². The standard InChI is InChI=1S/C16H21NO2S/c1-4-17-10-13-9-15(19-12(13)2)11-18-14-5-7-16(20-3)8-6-14/h5-9,17H,4,10-11H2,1-3H3. The highest BCUT2D eigenvalue weighted by molar-refractivity contribution is 7.98. The zero-order chi connectivity index (χ0) is 14.4. The van der Waals surface area contributed by atoms with Gasteiger partial charge in [-0.25, -0.2) is 0 Å². The van der Waals surface area contributed by atoms with Crippen molar-refractivity contribution in [1.29, 1.82) is 0 Å². The van der Waals surface area contributed by atoms with E-state index < -0.39 is 0 Å². The lowest BCUT2D eigenvalue weighted by molar-refractivity contribution is 0.267. The van der Waals surface area contributed by atoms with Crippen LogP contribution in [0.2, 0.25) is 0 Å². The number of nitrogens with one attached hydrogen (secondary N) is 1. The number of hydrogen-bond donors (Lipinski definition) is 1. The predicted molar refractivity (Wildman–Crippen MR) is 83.4 cm³/mol. The van der Waals surface area contributed by atoms with Gasteiger partial charge in [-0.3, -0.25) is 0 Å². The minimum absolute atomic E-state index is 0.464. The Morgan fingerprint density at radius 3 is 2.65 bits per heavy atom. The fourth-order valence-electron chi connectivity index (χ4n) is 1.92. The van der Waals surface area contributed by atoms with E-state index >= 15 is 0 Å². The van der Waals surface area contributed by atoms with Gasteiger partial charge in [0, 0.05) is 17.0 Å². The van der Waals surface area contributed by atoms with Gasteiger partial charge in [-0.15, -0.1) is 11.8 Å². The molecule has 0 saturated heterocycles. The average Bonchev–Trinajstić information content (AvgIpc) is 2.84. The number of aryl methyl sites for hydroxylation is 1. The number of thioether (sulfide) groups is 1. The molecule has 1 aromatic carbocycles. The zero-order valence-corrected chi connectivity index (χ0v) is 13.0. The van der Waals surface area contributed by atoms with E-state index in [1.165, 1.54) is 10.5 Å². The number of ether oxygens (including phenoxy) is 1. The third-order valence-electron chi connectivity index (χ3n) is 3.08. The molecular formula is C16H21NO2S. The van der Waals surface area contributed by atoms with Gasteiger partial charge in [0.1, 0.15) is 23.9 Å². The first-order valence-corrected chi connectivity index (χ1v) is 8.01. The molecule has 1 N–H and O–H groups in total. The summed E-state index contributed by atoms with van der Waals surface area (Å²) < 4.78 is 11.5. The first-order valence-electron chi connectivity index (χ1n) is 6.78. The van der Waals surface area contributed by atoms with Crippen molar-refractivity contribution in [3.8, 4) is 5.75 Å². The second kappa shape index (κ2) is 7.41. The van der Waals surface area contributed by atoms with Crippen molar-refractivity contribution in [1.82, 2.24) is 5.32 Å². The van der Waals surface area contributed by atoms with Gasteiger partial charge in [0.15, 0.2) is 0 Å². The highest BCUT2D eigenvalue weighted by Crippen LogP contribution is 2.21. The zero-order valence-electron chi connectivity index (χ0n) is 12.2. The minimum atomic E-state index is 0.464. The Morgan fingerprint density at radius 2 is 2.00 bits per heavy atom. The molecule has 20 heavy (non-hydrogen) atoms. The number of furan rings is 1. The summed E-state index contributed by atoms with van der Waals surface area (Å²) in [5, 5.41) is 3.30. The topological polar surface area (TPSA) is 34.4 Å². The summed E-state index contributed by atoms with van der Waals surface area (Å²) >= 11 is 1.72. The molecule has 1 heterocycles. The maximum atomic E-state index is 5.74. The first-order chi connectivity index (χ1) is 9.72. The summed E-state index contributed by atoms with van der Waals surface area (Å²) in [5.74, 6) is 2.69. The second-order valence-corrected chi connectivity index (χ2v) is 5.42. The van der Waals surface area contributed by atoms with Crippen LogP contribution < -0.4 is 10.1 Å². The van der Waals surface area contributed by atoms with Crippen LogP contribution >= 0.6 is 11.8 Å². The van der Waals surface area contributed by atoms with E-state index in [-0.39, 0.29) is 0 Å². The molecule has 0 radical (unpaired) electrons. The summed E-state index contributed by atoms with van der Waals surface area (Å²) in [5.41, 5.74) is 1.20. The van der Waals surface area contributed by atoms with E-state index in [0.29, 0.717) is 6.61 Å². The van der Waals surface area contributed by atoms with Crippen LogP contribution in [0.25, 0.3) is 0 Å². The van der Waals surface area contributed by atoms with Crippen LogP contribution in [0.15, 0.2) is 39.6 Å². The highest BCUT2D eigenvalue weighted by Gasteiger charge is 2.07. The molecule has 0 spiro atoms. The lowest BCUT2D eigenvalue weighted by atomic mass is 10.2. The number of benzene rings is 1. The Balaban J connectivity index is 1.92. The van der Waals surface area contributed by atoms with E-state index in [2.05, 4.69) is 36.7 Å². The fourth-order valence-corrected chi connectivity index (χ4v) is 2.33. The first kappa shape index (κ1) is 15.0. The van der Waals surface area contributed by atoms with Gasteiger partial charge < -0.3 is 14.5 Å². The molecule has 0 atom stereocenters. The van der Waals surface area contributed by atoms with Crippen molar-refractivity contribution >= 4 is 11.8 Å². The molecule has 0 aliphatic heterocycles. The van der Waals surface area contributed by atoms with Crippen molar-refractivity contribution < 1.29 is 9.15 Å². The largest absolute Gasteiger partial charge is 0.486 e. The Labute approximate surface area is 124 Å². The Morgan fingerprint density at radius 1 is 1.25 bits per heavy atom. The van der Waals surface area contributed by atoms with Crippen LogP contribution in [0.4, 0.5) is 0 Å². The van der Waals surface area contributed by atoms with Crippen molar-refractivity contribution in [3.63, 3.8) is 0 Å². The van der Waals surface area contributed by atoms with Gasteiger partial charge in [-0.05, 0) is 50.1 Å². The van der Waals surface area contributed by atoms with Crippen LogP contribution in [0, 0.1) is 6.92 Å². The maximum Gasteiger partial charge on any atom is 0.146 e. The van der Waals surface area contributed by atoms with Crippen molar-refractivity contribution in [2.24, 2.45) is 0 Å². The van der Waals surface area contributed by atoms with Crippen LogP contribution in [0.3, 0.4) is 0 Å². The summed E-state index contributed by atoms with van der Waals surface area (Å²) in [6, 6.07) is 10.2. The highest BCUT2D eigenvalue weighted by atomic mass is 32.2. The normalized spacial score (nSPS) is 10.8. The summed E-state index contributed by atoms with van der Waals surface area (Å²) in [7, 11) is 0. The van der Waals surface area contributed by atoms with Crippen LogP contribution in [0.1, 0.15) is 24.0 Å². The van der Waals surface area contributed by atoms with E-state index in [9.17, 15) is 0 Å². The van der Waals surface area contributed by atoms with E-state index in [1.807, 2.05) is 19.1 Å². The van der Waals surface area contributed by atoms with E-state index in [1.54, 1.807) is 11.8 Å². The van der Waals surface area contributed by atoms with Crippen molar-refractivity contribution in [3.05, 3.63) is 47.4 Å². The van der Waals surface area contributed by atoms with Crippen LogP contribution in [-0.2, 0) is 13.2 Å². The molecule has 2 aromatic rings. The number of rotatable bonds is 7. The van der Waals surface area contributed by atoms with Gasteiger partial charge in [0.25, 0.3) is 0 Å². The molecule has 0 aliphatic rings. The van der Waals surface area contributed by atoms with Gasteiger partial charge >= 0.3 is 0 Å². The maximum absolute atomic E-state index is 5.74. The quantitative estimate of drug-likeness (QED) is 0.782. The molecular weight excluding hydrogens is 270 g/mol. The van der Waals surface area contributed by atoms with Crippen molar-refractivity contribution in [2.45, 2.75) is 31.9 Å². The molecule has 4 heteroatoms. The number of hydrogen-bond acceptors (Lipinski definition) is 4. The van der Waals surface area contributed by atoms with Gasteiger partial charge in [-0.2, -0.15) is 0 Å². The molecule has 1 aromatic heterocycles. The van der Waals surface area contributed by atoms with Crippen molar-refractivity contribution in [2.75, 3.05) is 12.8 Å². The summed E-state index contributed by atoms with van der Waals surface area (Å²) in [6.07, 6.45) is 2.06. The molecule has 108 valence electrons. The molecule has 0 amide bonds. The van der Waals surface area contributed by atoms with Gasteiger partial charge in [0.05, 0.1) is 0 Å². The minimum Gasteiger partial charge on any atom is -0.486 e. The Hall–Kier alpha value is -1.39. The third kappa shape index (κ3) is 4.05. The molecule has 0 fully saturated rings. The monoisotopic (exact) mass is 291 g/mol. The second-order valence-electron chi connectivity index (χ2n) is 4.54. The van der Waals surface area contributed by atoms with Gasteiger partial charge in [0.2, 0.25) is 0 Å². The fraction of sp³-hybridized carbons (Fsp3) is 0.375. The molecule has 0 saturated carbocycles. The van der Waals surface area contributed by atoms with E-state index in [4.69, 9.17) is 9.15 Å². The molecule has 3 nitrogen and oxygen atoms in total. The lowest BCUT2D eigenvalue weighted by Gasteiger charge is -2.04. The Kier molecular flexibility index (Phi) is 5.56. The molecule has 0 unspecified atom stereocenters. The SMILES string of the molecule is CCNCc1cc(COc2ccc(SC)cc2)oc1C. The summed E-state index contributed by atoms with van der Waals surface area (Å²) in [6.45, 7) is 6.35. The van der Waals surface area contributed by atoms with Crippen LogP contribution in [0.5, 0.6) is 5.75 Å². The van der Waals surface area contributed by atoms with E-state index in [0.717, 1.165) is 30.4 Å². The molecule has 0 aliphatic carbocycles. The molecule has 2 rings (SSSR count). The molecule has 0 bridgehead atoms. The summed E-state index contributed by atoms with van der Waals surface area (Å²) in [4.78, 5) is 1.24.